The first-order chi connectivity index (χ1) is 9.56. The highest BCUT2D eigenvalue weighted by Gasteiger charge is 2.81. The van der Waals surface area contributed by atoms with Gasteiger partial charge in [-0.1, -0.05) is 40.7 Å². The van der Waals surface area contributed by atoms with Gasteiger partial charge in [0, 0.05) is 16.4 Å². The first-order valence-corrected chi connectivity index (χ1v) is 7.05. The van der Waals surface area contributed by atoms with Gasteiger partial charge in [0.1, 0.15) is 5.82 Å². The van der Waals surface area contributed by atoms with Crippen molar-refractivity contribution in [2.75, 3.05) is 6.61 Å². The first-order valence-electron chi connectivity index (χ1n) is 7.05. The minimum Gasteiger partial charge on any atom is -0.872 e. The van der Waals surface area contributed by atoms with Crippen LogP contribution in [0.25, 0.3) is 0 Å². The molecule has 0 aliphatic carbocycles. The molecule has 0 unspecified atom stereocenters. The first kappa shape index (κ1) is 14.8. The molecule has 2 fully saturated rings. The predicted molar refractivity (Wildman–Crippen MR) is 71.6 cm³/mol. The maximum Gasteiger partial charge on any atom is 0.261 e. The van der Waals surface area contributed by atoms with Crippen LogP contribution in [0.3, 0.4) is 0 Å². The summed E-state index contributed by atoms with van der Waals surface area (Å²) in [4.78, 5) is 11.0. The molecule has 2 atom stereocenters. The lowest BCUT2D eigenvalue weighted by Gasteiger charge is -2.61. The molecule has 21 heavy (non-hydrogen) atoms. The highest BCUT2D eigenvalue weighted by Crippen LogP contribution is 2.69. The van der Waals surface area contributed by atoms with Gasteiger partial charge in [-0.05, 0) is 12.1 Å². The maximum atomic E-state index is 13.7. The van der Waals surface area contributed by atoms with Gasteiger partial charge in [-0.15, -0.1) is 5.75 Å². The zero-order valence-corrected chi connectivity index (χ0v) is 13.0. The van der Waals surface area contributed by atoms with Crippen LogP contribution in [-0.4, -0.2) is 12.2 Å². The molecule has 4 nitrogen and oxygen atoms in total. The molecule has 116 valence electrons. The summed E-state index contributed by atoms with van der Waals surface area (Å²) >= 11 is 0. The summed E-state index contributed by atoms with van der Waals surface area (Å²) in [6.45, 7) is 10.5. The van der Waals surface area contributed by atoms with E-state index in [0.717, 1.165) is 6.07 Å². The van der Waals surface area contributed by atoms with Gasteiger partial charge in [-0.25, -0.2) is 9.28 Å². The smallest absolute Gasteiger partial charge is 0.261 e. The third-order valence-corrected chi connectivity index (χ3v) is 4.64. The number of halogens is 1. The average Bonchev–Trinajstić information content (AvgIpc) is 2.39. The fraction of sp³-hybridized carbons (Fsp3) is 0.625. The second kappa shape index (κ2) is 3.97. The molecular weight excluding hydrogens is 275 g/mol. The minimum atomic E-state index is -1.24. The van der Waals surface area contributed by atoms with Crippen molar-refractivity contribution in [2.45, 2.75) is 46.0 Å². The van der Waals surface area contributed by atoms with E-state index >= 15 is 0 Å². The second-order valence-corrected chi connectivity index (χ2v) is 7.56. The highest BCUT2D eigenvalue weighted by molar-refractivity contribution is 5.37. The molecule has 3 rings (SSSR count). The molecule has 0 bridgehead atoms. The van der Waals surface area contributed by atoms with E-state index in [9.17, 15) is 9.50 Å². The number of hydrogen-bond donors (Lipinski definition) is 0. The van der Waals surface area contributed by atoms with Crippen LogP contribution in [0.2, 0.25) is 0 Å². The van der Waals surface area contributed by atoms with Crippen LogP contribution in [0.1, 0.15) is 40.2 Å². The van der Waals surface area contributed by atoms with E-state index in [2.05, 4.69) is 0 Å². The monoisotopic (exact) mass is 295 g/mol. The summed E-state index contributed by atoms with van der Waals surface area (Å²) in [5.74, 6) is -2.25. The number of ether oxygens (including phenoxy) is 1. The summed E-state index contributed by atoms with van der Waals surface area (Å²) in [7, 11) is 0. The standard InChI is InChI=1S/C16H21FO4/c1-13(2,3)16-14(4,5)9-19-15(16,20-21-16)10-6-11(17)8-12(18)7-10/h6-8,18H,9H2,1-5H3/p-1/t15-,16-/m0/s1. The number of hydrogen-bond acceptors (Lipinski definition) is 4. The third kappa shape index (κ3) is 1.59. The normalized spacial score (nSPS) is 34.4. The Morgan fingerprint density at radius 1 is 1.14 bits per heavy atom. The van der Waals surface area contributed by atoms with Crippen LogP contribution < -0.4 is 5.11 Å². The topological polar surface area (TPSA) is 50.8 Å². The Labute approximate surface area is 123 Å². The minimum absolute atomic E-state index is 0.333. The Bertz CT molecular complexity index is 572. The van der Waals surface area contributed by atoms with Crippen LogP contribution in [0.5, 0.6) is 5.75 Å². The maximum absolute atomic E-state index is 13.7. The molecule has 0 spiro atoms. The Hall–Kier alpha value is -1.17. The predicted octanol–water partition coefficient (Wildman–Crippen LogP) is 2.86. The molecule has 5 heteroatoms. The van der Waals surface area contributed by atoms with Gasteiger partial charge in [-0.3, -0.25) is 0 Å². The van der Waals surface area contributed by atoms with Crippen LogP contribution >= 0.6 is 0 Å². The van der Waals surface area contributed by atoms with Gasteiger partial charge in [0.15, 0.2) is 5.60 Å². The number of fused-ring (bicyclic) bond motifs is 1. The van der Waals surface area contributed by atoms with Gasteiger partial charge < -0.3 is 9.84 Å². The lowest BCUT2D eigenvalue weighted by atomic mass is 9.57. The average molecular weight is 295 g/mol. The fourth-order valence-corrected chi connectivity index (χ4v) is 3.99. The molecule has 0 radical (unpaired) electrons. The summed E-state index contributed by atoms with van der Waals surface area (Å²) < 4.78 is 19.6. The molecule has 0 saturated carbocycles. The van der Waals surface area contributed by atoms with E-state index in [0.29, 0.717) is 12.2 Å². The third-order valence-electron chi connectivity index (χ3n) is 4.64. The summed E-state index contributed by atoms with van der Waals surface area (Å²) in [6, 6.07) is 3.58. The van der Waals surface area contributed by atoms with Crippen molar-refractivity contribution >= 4 is 0 Å². The van der Waals surface area contributed by atoms with E-state index in [1.807, 2.05) is 34.6 Å². The zero-order chi connectivity index (χ0) is 15.7. The lowest BCUT2D eigenvalue weighted by Crippen LogP contribution is -2.73. The Kier molecular flexibility index (Phi) is 2.79. The van der Waals surface area contributed by atoms with E-state index in [-0.39, 0.29) is 10.8 Å². The van der Waals surface area contributed by atoms with Gasteiger partial charge in [0.25, 0.3) is 5.79 Å². The quantitative estimate of drug-likeness (QED) is 0.748. The Balaban J connectivity index is 2.21. The Morgan fingerprint density at radius 3 is 2.29 bits per heavy atom. The number of benzene rings is 1. The highest BCUT2D eigenvalue weighted by atomic mass is 19.1. The van der Waals surface area contributed by atoms with Gasteiger partial charge in [0.05, 0.1) is 6.61 Å². The fourth-order valence-electron chi connectivity index (χ4n) is 3.99. The van der Waals surface area contributed by atoms with E-state index in [1.165, 1.54) is 12.1 Å². The van der Waals surface area contributed by atoms with Crippen LogP contribution in [0, 0.1) is 16.6 Å². The summed E-state index contributed by atoms with van der Waals surface area (Å²) in [5.41, 5.74) is -1.11. The SMILES string of the molecule is CC(C)(C)[C@@]12OO[C@]1(c1cc([O-])cc(F)c1)OCC2(C)C. The molecule has 2 saturated heterocycles. The molecule has 0 aromatic heterocycles. The molecule has 1 aromatic rings. The Morgan fingerprint density at radius 2 is 1.81 bits per heavy atom. The van der Waals surface area contributed by atoms with Crippen molar-refractivity contribution in [2.24, 2.45) is 10.8 Å². The van der Waals surface area contributed by atoms with Crippen molar-refractivity contribution in [3.8, 4) is 5.75 Å². The molecular formula is C16H20FO4-. The molecule has 2 aliphatic heterocycles. The molecule has 2 aliphatic rings. The second-order valence-electron chi connectivity index (χ2n) is 7.56. The summed E-state index contributed by atoms with van der Waals surface area (Å²) in [5, 5.41) is 11.7. The van der Waals surface area contributed by atoms with Gasteiger partial charge >= 0.3 is 0 Å². The molecule has 0 amide bonds. The number of rotatable bonds is 1. The van der Waals surface area contributed by atoms with Crippen LogP contribution in [0.4, 0.5) is 4.39 Å². The van der Waals surface area contributed by atoms with E-state index in [4.69, 9.17) is 14.5 Å². The van der Waals surface area contributed by atoms with Crippen molar-refractivity contribution in [1.29, 1.82) is 0 Å². The van der Waals surface area contributed by atoms with E-state index in [1.54, 1.807) is 0 Å². The zero-order valence-electron chi connectivity index (χ0n) is 13.0. The van der Waals surface area contributed by atoms with Crippen molar-refractivity contribution in [3.05, 3.63) is 29.6 Å². The van der Waals surface area contributed by atoms with Crippen LogP contribution in [-0.2, 0) is 20.3 Å². The molecule has 1 aromatic carbocycles. The van der Waals surface area contributed by atoms with Crippen LogP contribution in [0.15, 0.2) is 18.2 Å². The van der Waals surface area contributed by atoms with Gasteiger partial charge in [-0.2, -0.15) is 4.89 Å². The van der Waals surface area contributed by atoms with Gasteiger partial charge in [0.2, 0.25) is 0 Å². The summed E-state index contributed by atoms with van der Waals surface area (Å²) in [6.07, 6.45) is 0. The van der Waals surface area contributed by atoms with Crippen molar-refractivity contribution in [1.82, 2.24) is 0 Å². The van der Waals surface area contributed by atoms with Crippen molar-refractivity contribution < 1.29 is 24.0 Å². The largest absolute Gasteiger partial charge is 0.872 e. The van der Waals surface area contributed by atoms with E-state index < -0.39 is 23.0 Å². The van der Waals surface area contributed by atoms with Crippen molar-refractivity contribution in [3.63, 3.8) is 0 Å². The molecule has 0 N–H and O–H groups in total. The lowest BCUT2D eigenvalue weighted by molar-refractivity contribution is -0.626. The molecule has 2 heterocycles.